The first-order valence-corrected chi connectivity index (χ1v) is 7.63. The van der Waals surface area contributed by atoms with Gasteiger partial charge in [0.25, 0.3) is 10.0 Å². The SMILES string of the molecule is CC(=O)N1c2ccc(C)cc2-c2ccccc2S1(=O)=O. The first kappa shape index (κ1) is 12.9. The standard InChI is InChI=1S/C15H13NO3S/c1-10-7-8-14-13(9-10)12-5-3-4-6-15(12)20(18,19)16(14)11(2)17/h3-9H,1-2H3. The molecule has 1 heterocycles. The largest absolute Gasteiger partial charge is 0.274 e. The number of fused-ring (bicyclic) bond motifs is 3. The monoisotopic (exact) mass is 287 g/mol. The molecule has 0 atom stereocenters. The van der Waals surface area contributed by atoms with Gasteiger partial charge in [0.05, 0.1) is 10.6 Å². The zero-order valence-electron chi connectivity index (χ0n) is 11.1. The lowest BCUT2D eigenvalue weighted by Crippen LogP contribution is -2.38. The third-order valence-electron chi connectivity index (χ3n) is 3.35. The van der Waals surface area contributed by atoms with E-state index in [0.29, 0.717) is 11.3 Å². The number of benzene rings is 2. The van der Waals surface area contributed by atoms with Crippen LogP contribution in [-0.2, 0) is 14.8 Å². The van der Waals surface area contributed by atoms with Crippen molar-refractivity contribution in [3.8, 4) is 11.1 Å². The topological polar surface area (TPSA) is 54.5 Å². The molecule has 0 bridgehead atoms. The molecule has 1 aliphatic heterocycles. The van der Waals surface area contributed by atoms with Gasteiger partial charge in [-0.15, -0.1) is 0 Å². The summed E-state index contributed by atoms with van der Waals surface area (Å²) in [4.78, 5) is 12.0. The third-order valence-corrected chi connectivity index (χ3v) is 5.20. The van der Waals surface area contributed by atoms with Crippen molar-refractivity contribution in [2.45, 2.75) is 18.7 Å². The molecule has 5 heteroatoms. The van der Waals surface area contributed by atoms with Crippen LogP contribution in [0.15, 0.2) is 47.4 Å². The van der Waals surface area contributed by atoms with Gasteiger partial charge in [0.2, 0.25) is 5.91 Å². The molecule has 20 heavy (non-hydrogen) atoms. The Hall–Kier alpha value is -2.14. The van der Waals surface area contributed by atoms with Gasteiger partial charge < -0.3 is 0 Å². The zero-order valence-corrected chi connectivity index (χ0v) is 11.9. The number of hydrogen-bond donors (Lipinski definition) is 0. The smallest absolute Gasteiger partial charge is 0.271 e. The van der Waals surface area contributed by atoms with Crippen LogP contribution in [0.1, 0.15) is 12.5 Å². The summed E-state index contributed by atoms with van der Waals surface area (Å²) in [6, 6.07) is 12.1. The van der Waals surface area contributed by atoms with Crippen molar-refractivity contribution in [2.75, 3.05) is 4.31 Å². The second-order valence-corrected chi connectivity index (χ2v) is 6.56. The maximum atomic E-state index is 12.6. The third kappa shape index (κ3) is 1.67. The average Bonchev–Trinajstić information content (AvgIpc) is 2.39. The minimum Gasteiger partial charge on any atom is -0.274 e. The maximum Gasteiger partial charge on any atom is 0.271 e. The van der Waals surface area contributed by atoms with Crippen LogP contribution in [0.2, 0.25) is 0 Å². The van der Waals surface area contributed by atoms with Gasteiger partial charge in [0, 0.05) is 18.1 Å². The Labute approximate surface area is 117 Å². The Kier molecular flexibility index (Phi) is 2.69. The van der Waals surface area contributed by atoms with Crippen molar-refractivity contribution < 1.29 is 13.2 Å². The number of anilines is 1. The van der Waals surface area contributed by atoms with E-state index in [0.717, 1.165) is 15.4 Å². The highest BCUT2D eigenvalue weighted by Crippen LogP contribution is 2.43. The molecule has 0 aliphatic carbocycles. The Morgan fingerprint density at radius 2 is 1.75 bits per heavy atom. The maximum absolute atomic E-state index is 12.6. The molecule has 0 N–H and O–H groups in total. The number of rotatable bonds is 0. The minimum atomic E-state index is -3.82. The van der Waals surface area contributed by atoms with E-state index in [9.17, 15) is 13.2 Å². The molecule has 0 saturated carbocycles. The molecule has 0 unspecified atom stereocenters. The quantitative estimate of drug-likeness (QED) is 0.748. The predicted molar refractivity (Wildman–Crippen MR) is 77.0 cm³/mol. The van der Waals surface area contributed by atoms with E-state index >= 15 is 0 Å². The highest BCUT2D eigenvalue weighted by atomic mass is 32.2. The predicted octanol–water partition coefficient (Wildman–Crippen LogP) is 2.72. The molecule has 0 aromatic heterocycles. The summed E-state index contributed by atoms with van der Waals surface area (Å²) in [5.74, 6) is -0.510. The van der Waals surface area contributed by atoms with Crippen molar-refractivity contribution in [3.05, 3.63) is 48.0 Å². The first-order valence-electron chi connectivity index (χ1n) is 6.19. The molecule has 0 radical (unpaired) electrons. The van der Waals surface area contributed by atoms with Crippen molar-refractivity contribution in [3.63, 3.8) is 0 Å². The molecule has 2 aromatic rings. The van der Waals surface area contributed by atoms with Gasteiger partial charge in [-0.05, 0) is 25.1 Å². The van der Waals surface area contributed by atoms with E-state index in [1.165, 1.54) is 13.0 Å². The molecular formula is C15H13NO3S. The van der Waals surface area contributed by atoms with Crippen LogP contribution in [-0.4, -0.2) is 14.3 Å². The Morgan fingerprint density at radius 1 is 1.05 bits per heavy atom. The zero-order chi connectivity index (χ0) is 14.5. The molecule has 1 aliphatic rings. The van der Waals surface area contributed by atoms with Gasteiger partial charge in [-0.3, -0.25) is 4.79 Å². The summed E-state index contributed by atoms with van der Waals surface area (Å²) >= 11 is 0. The fourth-order valence-corrected chi connectivity index (χ4v) is 4.18. The van der Waals surface area contributed by atoms with E-state index in [1.54, 1.807) is 30.3 Å². The molecule has 0 fully saturated rings. The van der Waals surface area contributed by atoms with Crippen molar-refractivity contribution in [1.29, 1.82) is 0 Å². The first-order chi connectivity index (χ1) is 9.43. The molecule has 0 saturated heterocycles. The number of hydrogen-bond acceptors (Lipinski definition) is 3. The van der Waals surface area contributed by atoms with Crippen LogP contribution in [0.3, 0.4) is 0 Å². The summed E-state index contributed by atoms with van der Waals surface area (Å²) in [7, 11) is -3.82. The lowest BCUT2D eigenvalue weighted by atomic mass is 10.0. The molecule has 0 spiro atoms. The normalized spacial score (nSPS) is 15.4. The van der Waals surface area contributed by atoms with Gasteiger partial charge in [-0.2, -0.15) is 0 Å². The lowest BCUT2D eigenvalue weighted by molar-refractivity contribution is -0.115. The van der Waals surface area contributed by atoms with Crippen molar-refractivity contribution >= 4 is 21.6 Å². The van der Waals surface area contributed by atoms with Gasteiger partial charge in [-0.1, -0.05) is 29.8 Å². The number of carbonyl (C=O) groups excluding carboxylic acids is 1. The number of aryl methyl sites for hydroxylation is 1. The molecule has 2 aromatic carbocycles. The van der Waals surface area contributed by atoms with Crippen LogP contribution in [0.5, 0.6) is 0 Å². The summed E-state index contributed by atoms with van der Waals surface area (Å²) < 4.78 is 26.1. The molecular weight excluding hydrogens is 274 g/mol. The van der Waals surface area contributed by atoms with Crippen LogP contribution in [0, 0.1) is 6.92 Å². The Balaban J connectivity index is 2.46. The second-order valence-electron chi connectivity index (χ2n) is 4.81. The van der Waals surface area contributed by atoms with Crippen molar-refractivity contribution in [2.24, 2.45) is 0 Å². The Morgan fingerprint density at radius 3 is 2.45 bits per heavy atom. The Bertz CT molecular complexity index is 825. The molecule has 102 valence electrons. The van der Waals surface area contributed by atoms with Gasteiger partial charge in [0.15, 0.2) is 0 Å². The number of sulfonamides is 1. The van der Waals surface area contributed by atoms with E-state index in [1.807, 2.05) is 13.0 Å². The highest BCUT2D eigenvalue weighted by Gasteiger charge is 2.37. The lowest BCUT2D eigenvalue weighted by Gasteiger charge is -2.29. The van der Waals surface area contributed by atoms with E-state index < -0.39 is 15.9 Å². The molecule has 4 nitrogen and oxygen atoms in total. The van der Waals surface area contributed by atoms with Gasteiger partial charge >= 0.3 is 0 Å². The van der Waals surface area contributed by atoms with E-state index in [4.69, 9.17) is 0 Å². The molecule has 3 rings (SSSR count). The number of amides is 1. The van der Waals surface area contributed by atoms with Crippen LogP contribution >= 0.6 is 0 Å². The van der Waals surface area contributed by atoms with E-state index in [-0.39, 0.29) is 4.90 Å². The summed E-state index contributed by atoms with van der Waals surface area (Å²) in [6.07, 6.45) is 0. The average molecular weight is 287 g/mol. The number of carbonyl (C=O) groups is 1. The van der Waals surface area contributed by atoms with Crippen molar-refractivity contribution in [1.82, 2.24) is 0 Å². The summed E-state index contributed by atoms with van der Waals surface area (Å²) in [5.41, 5.74) is 2.84. The second kappa shape index (κ2) is 4.18. The van der Waals surface area contributed by atoms with Crippen LogP contribution in [0.25, 0.3) is 11.1 Å². The fourth-order valence-electron chi connectivity index (χ4n) is 2.52. The summed E-state index contributed by atoms with van der Waals surface area (Å²) in [5, 5.41) is 0. The van der Waals surface area contributed by atoms with Crippen LogP contribution < -0.4 is 4.31 Å². The van der Waals surface area contributed by atoms with Crippen LogP contribution in [0.4, 0.5) is 5.69 Å². The summed E-state index contributed by atoms with van der Waals surface area (Å²) in [6.45, 7) is 3.19. The van der Waals surface area contributed by atoms with Gasteiger partial charge in [0.1, 0.15) is 0 Å². The van der Waals surface area contributed by atoms with Gasteiger partial charge in [-0.25, -0.2) is 12.7 Å². The number of nitrogens with zero attached hydrogens (tertiary/aromatic N) is 1. The van der Waals surface area contributed by atoms with E-state index in [2.05, 4.69) is 0 Å². The minimum absolute atomic E-state index is 0.174. The highest BCUT2D eigenvalue weighted by molar-refractivity contribution is 7.93. The fraction of sp³-hybridized carbons (Fsp3) is 0.133. The molecule has 1 amide bonds.